The number of aliphatic hydroxyl groups is 1. The minimum absolute atomic E-state index is 0.107. The summed E-state index contributed by atoms with van der Waals surface area (Å²) in [6.45, 7) is 7.28. The van der Waals surface area contributed by atoms with E-state index in [0.29, 0.717) is 31.6 Å². The lowest BCUT2D eigenvalue weighted by Gasteiger charge is -2.21. The Morgan fingerprint density at radius 3 is 0.673 bits per heavy atom. The minimum Gasteiger partial charge on any atom is -0.462 e. The molecular weight excluding hydrogens is 1320 g/mol. The van der Waals surface area contributed by atoms with Gasteiger partial charge < -0.3 is 33.8 Å². The molecule has 101 heavy (non-hydrogen) atoms. The van der Waals surface area contributed by atoms with Gasteiger partial charge in [-0.15, -0.1) is 0 Å². The SMILES string of the molecule is CCCCCCCCCCCCCCCCCCCCCCC(=O)O[C@H](COC(=O)CCCCCCCCCCCCCCCCCCCC)COP(=O)(O)OC[C@@H](O)COP(=O)(O)OC[C@@H](COC(=O)CCCCCCCCCC(C)C)OC(=O)CCCCCCCCCCCCCCC. The summed E-state index contributed by atoms with van der Waals surface area (Å²) in [7, 11) is -9.92. The van der Waals surface area contributed by atoms with Gasteiger partial charge in [0.1, 0.15) is 19.3 Å². The van der Waals surface area contributed by atoms with Crippen LogP contribution in [-0.2, 0) is 65.4 Å². The van der Waals surface area contributed by atoms with Crippen molar-refractivity contribution in [3.8, 4) is 0 Å². The summed E-state index contributed by atoms with van der Waals surface area (Å²) in [6, 6.07) is 0. The average Bonchev–Trinajstić information content (AvgIpc) is 1.04. The van der Waals surface area contributed by atoms with Crippen molar-refractivity contribution in [1.82, 2.24) is 0 Å². The van der Waals surface area contributed by atoms with E-state index in [9.17, 15) is 43.2 Å². The van der Waals surface area contributed by atoms with Crippen LogP contribution in [0.5, 0.6) is 0 Å². The number of esters is 4. The van der Waals surface area contributed by atoms with Gasteiger partial charge >= 0.3 is 39.5 Å². The van der Waals surface area contributed by atoms with Crippen LogP contribution in [0.25, 0.3) is 0 Å². The Labute approximate surface area is 619 Å². The fourth-order valence-electron chi connectivity index (χ4n) is 12.8. The fraction of sp³-hybridized carbons (Fsp3) is 0.951. The zero-order chi connectivity index (χ0) is 74.1. The van der Waals surface area contributed by atoms with E-state index < -0.39 is 97.5 Å². The van der Waals surface area contributed by atoms with Gasteiger partial charge in [-0.05, 0) is 31.6 Å². The molecule has 0 spiro atoms. The summed E-state index contributed by atoms with van der Waals surface area (Å²) < 4.78 is 68.7. The monoisotopic (exact) mass is 1480 g/mol. The normalized spacial score (nSPS) is 13.8. The molecule has 17 nitrogen and oxygen atoms in total. The lowest BCUT2D eigenvalue weighted by molar-refractivity contribution is -0.161. The predicted octanol–water partition coefficient (Wildman–Crippen LogP) is 24.8. The first-order valence-corrected chi connectivity index (χ1v) is 45.6. The number of ether oxygens (including phenoxy) is 4. The van der Waals surface area contributed by atoms with Crippen molar-refractivity contribution in [2.45, 2.75) is 457 Å². The summed E-state index contributed by atoms with van der Waals surface area (Å²) in [5, 5.41) is 10.6. The van der Waals surface area contributed by atoms with Crippen LogP contribution in [-0.4, -0.2) is 96.7 Å². The first-order valence-electron chi connectivity index (χ1n) is 42.6. The van der Waals surface area contributed by atoms with Gasteiger partial charge in [0.05, 0.1) is 26.4 Å². The van der Waals surface area contributed by atoms with E-state index in [-0.39, 0.29) is 25.7 Å². The largest absolute Gasteiger partial charge is 0.472 e. The number of phosphoric acid groups is 2. The summed E-state index contributed by atoms with van der Waals surface area (Å²) in [4.78, 5) is 73.0. The van der Waals surface area contributed by atoms with Crippen molar-refractivity contribution < 1.29 is 80.2 Å². The van der Waals surface area contributed by atoms with Crippen LogP contribution in [0.15, 0.2) is 0 Å². The molecule has 0 saturated heterocycles. The summed E-state index contributed by atoms with van der Waals surface area (Å²) in [5.74, 6) is -1.40. The van der Waals surface area contributed by atoms with E-state index in [2.05, 4.69) is 34.6 Å². The molecule has 0 heterocycles. The Bertz CT molecular complexity index is 1930. The van der Waals surface area contributed by atoms with Crippen LogP contribution in [0, 0.1) is 5.92 Å². The highest BCUT2D eigenvalue weighted by molar-refractivity contribution is 7.47. The fourth-order valence-corrected chi connectivity index (χ4v) is 14.3. The van der Waals surface area contributed by atoms with Crippen molar-refractivity contribution in [2.75, 3.05) is 39.6 Å². The Morgan fingerprint density at radius 1 is 0.267 bits per heavy atom. The molecule has 2 unspecified atom stereocenters. The van der Waals surface area contributed by atoms with Crippen molar-refractivity contribution in [3.63, 3.8) is 0 Å². The topological polar surface area (TPSA) is 237 Å². The summed E-state index contributed by atoms with van der Waals surface area (Å²) in [5.41, 5.74) is 0. The molecular formula is C82H160O17P2. The Kier molecular flexibility index (Phi) is 73.5. The third-order valence-electron chi connectivity index (χ3n) is 19.3. The number of carbonyl (C=O) groups excluding carboxylic acids is 4. The van der Waals surface area contributed by atoms with Gasteiger partial charge in [-0.2, -0.15) is 0 Å². The quantitative estimate of drug-likeness (QED) is 0.0222. The van der Waals surface area contributed by atoms with Gasteiger partial charge in [-0.1, -0.05) is 388 Å². The van der Waals surface area contributed by atoms with Crippen molar-refractivity contribution in [2.24, 2.45) is 5.92 Å². The molecule has 0 aliphatic carbocycles. The van der Waals surface area contributed by atoms with Crippen molar-refractivity contribution in [3.05, 3.63) is 0 Å². The molecule has 0 fully saturated rings. The first-order chi connectivity index (χ1) is 49.0. The van der Waals surface area contributed by atoms with E-state index in [4.69, 9.17) is 37.0 Å². The second kappa shape index (κ2) is 74.9. The number of rotatable bonds is 82. The molecule has 0 aromatic heterocycles. The lowest BCUT2D eigenvalue weighted by atomic mass is 10.0. The second-order valence-corrected chi connectivity index (χ2v) is 32.9. The summed E-state index contributed by atoms with van der Waals surface area (Å²) in [6.07, 6.45) is 66.7. The molecule has 0 amide bonds. The average molecular weight is 1480 g/mol. The minimum atomic E-state index is -4.96. The van der Waals surface area contributed by atoms with Gasteiger partial charge in [0, 0.05) is 25.7 Å². The molecule has 0 aliphatic rings. The molecule has 5 atom stereocenters. The molecule has 0 rings (SSSR count). The molecule has 3 N–H and O–H groups in total. The third kappa shape index (κ3) is 76.1. The van der Waals surface area contributed by atoms with Gasteiger partial charge in [-0.3, -0.25) is 37.3 Å². The zero-order valence-corrected chi connectivity index (χ0v) is 67.8. The first kappa shape index (κ1) is 99.1. The van der Waals surface area contributed by atoms with Crippen molar-refractivity contribution >= 4 is 39.5 Å². The highest BCUT2D eigenvalue weighted by Crippen LogP contribution is 2.45. The molecule has 0 aliphatic heterocycles. The van der Waals surface area contributed by atoms with Crippen LogP contribution in [0.2, 0.25) is 0 Å². The third-order valence-corrected chi connectivity index (χ3v) is 21.2. The van der Waals surface area contributed by atoms with Gasteiger partial charge in [0.2, 0.25) is 0 Å². The van der Waals surface area contributed by atoms with Crippen LogP contribution in [0.1, 0.15) is 439 Å². The van der Waals surface area contributed by atoms with Crippen molar-refractivity contribution in [1.29, 1.82) is 0 Å². The molecule has 19 heteroatoms. The lowest BCUT2D eigenvalue weighted by Crippen LogP contribution is -2.30. The second-order valence-electron chi connectivity index (χ2n) is 30.0. The van der Waals surface area contributed by atoms with Crippen LogP contribution in [0.4, 0.5) is 0 Å². The van der Waals surface area contributed by atoms with E-state index in [1.54, 1.807) is 0 Å². The molecule has 0 radical (unpaired) electrons. The number of carbonyl (C=O) groups is 4. The van der Waals surface area contributed by atoms with Crippen LogP contribution >= 0.6 is 15.6 Å². The summed E-state index contributed by atoms with van der Waals surface area (Å²) >= 11 is 0. The Hall–Kier alpha value is -1.94. The van der Waals surface area contributed by atoms with E-state index in [1.165, 1.54) is 257 Å². The maximum absolute atomic E-state index is 13.1. The van der Waals surface area contributed by atoms with Gasteiger partial charge in [-0.25, -0.2) is 9.13 Å². The van der Waals surface area contributed by atoms with E-state index in [0.717, 1.165) is 96.3 Å². The smallest absolute Gasteiger partial charge is 0.462 e. The molecule has 600 valence electrons. The Balaban J connectivity index is 5.22. The van der Waals surface area contributed by atoms with E-state index >= 15 is 0 Å². The van der Waals surface area contributed by atoms with Gasteiger partial charge in [0.25, 0.3) is 0 Å². The van der Waals surface area contributed by atoms with Crippen LogP contribution < -0.4 is 0 Å². The maximum Gasteiger partial charge on any atom is 0.472 e. The highest BCUT2D eigenvalue weighted by atomic mass is 31.2. The molecule has 0 aromatic rings. The predicted molar refractivity (Wildman–Crippen MR) is 414 cm³/mol. The molecule has 0 saturated carbocycles. The number of unbranched alkanes of at least 4 members (excludes halogenated alkanes) is 54. The van der Waals surface area contributed by atoms with Crippen LogP contribution in [0.3, 0.4) is 0 Å². The number of hydrogen-bond acceptors (Lipinski definition) is 15. The maximum atomic E-state index is 13.1. The highest BCUT2D eigenvalue weighted by Gasteiger charge is 2.30. The van der Waals surface area contributed by atoms with E-state index in [1.807, 2.05) is 0 Å². The molecule has 0 aromatic carbocycles. The Morgan fingerprint density at radius 2 is 0.455 bits per heavy atom. The molecule has 0 bridgehead atoms. The number of phosphoric ester groups is 2. The number of aliphatic hydroxyl groups excluding tert-OH is 1. The standard InChI is InChI=1S/C82H160O17P2/c1-6-9-12-15-18-21-24-27-29-31-33-34-36-38-41-44-47-52-58-63-68-82(87)98-77(71-92-79(84)65-60-55-50-45-42-40-37-35-32-30-28-25-22-19-16-13-10-7-2)73-96-100(88,89)94-69-76(83)70-95-101(90,91)97-74-78(72-93-80(85)66-61-56-53-48-49-54-59-64-75(4)5)99-81(86)67-62-57-51-46-43-39-26-23-20-17-14-11-8-3/h75-78,83H,6-74H2,1-5H3,(H,88,89)(H,90,91)/t76-,77-,78-/m1/s1. The number of hydrogen-bond donors (Lipinski definition) is 3. The van der Waals surface area contributed by atoms with Gasteiger partial charge in [0.15, 0.2) is 12.2 Å². The zero-order valence-electron chi connectivity index (χ0n) is 66.1.